The van der Waals surface area contributed by atoms with Crippen LogP contribution in [-0.4, -0.2) is 27.4 Å². The molecule has 2 aromatic rings. The second-order valence-electron chi connectivity index (χ2n) is 3.53. The van der Waals surface area contributed by atoms with E-state index in [1.807, 2.05) is 0 Å². The Labute approximate surface area is 101 Å². The lowest BCUT2D eigenvalue weighted by molar-refractivity contribution is -0.383. The van der Waals surface area contributed by atoms with Crippen LogP contribution in [0, 0.1) is 10.1 Å². The molecule has 0 atom stereocenters. The second-order valence-corrected chi connectivity index (χ2v) is 3.53. The smallest absolute Gasteiger partial charge is 0.358 e. The molecule has 94 valence electrons. The number of carbonyl (C=O) groups is 1. The molecule has 0 saturated heterocycles. The molecule has 1 heterocycles. The molecule has 0 unspecified atom stereocenters. The monoisotopic (exact) mass is 250 g/mol. The van der Waals surface area contributed by atoms with E-state index in [1.165, 1.54) is 24.3 Å². The zero-order valence-electron chi connectivity index (χ0n) is 9.49. The van der Waals surface area contributed by atoms with Gasteiger partial charge >= 0.3 is 5.97 Å². The van der Waals surface area contributed by atoms with Gasteiger partial charge in [0, 0.05) is 6.07 Å². The Morgan fingerprint density at radius 2 is 2.28 bits per heavy atom. The summed E-state index contributed by atoms with van der Waals surface area (Å²) in [5, 5.41) is 20.8. The maximum absolute atomic E-state index is 11.5. The van der Waals surface area contributed by atoms with Gasteiger partial charge in [0.25, 0.3) is 5.69 Å². The Hall–Kier alpha value is -2.57. The van der Waals surface area contributed by atoms with Gasteiger partial charge in [0.15, 0.2) is 5.69 Å². The van der Waals surface area contributed by atoms with Crippen molar-refractivity contribution in [2.75, 3.05) is 6.61 Å². The van der Waals surface area contributed by atoms with Gasteiger partial charge in [-0.15, -0.1) is 0 Å². The van der Waals surface area contributed by atoms with Gasteiger partial charge in [0.05, 0.1) is 22.4 Å². The Kier molecular flexibility index (Phi) is 2.88. The standard InChI is InChI=1S/C11H10N2O5/c1-2-18-11(14)10-6-7-8(12(10)15)4-3-5-9(7)13(16)17/h3-6,15H,2H2,1H3. The van der Waals surface area contributed by atoms with E-state index in [4.69, 9.17) is 4.74 Å². The summed E-state index contributed by atoms with van der Waals surface area (Å²) in [5.41, 5.74) is -0.126. The van der Waals surface area contributed by atoms with Crippen molar-refractivity contribution >= 4 is 22.6 Å². The predicted molar refractivity (Wildman–Crippen MR) is 61.7 cm³/mol. The Morgan fingerprint density at radius 3 is 2.89 bits per heavy atom. The van der Waals surface area contributed by atoms with E-state index in [2.05, 4.69) is 0 Å². The van der Waals surface area contributed by atoms with Crippen LogP contribution in [0.1, 0.15) is 17.4 Å². The number of nitro benzene ring substituents is 1. The van der Waals surface area contributed by atoms with Crippen molar-refractivity contribution < 1.29 is 19.7 Å². The molecule has 1 N–H and O–H groups in total. The SMILES string of the molecule is CCOC(=O)c1cc2c([N+](=O)[O-])cccc2n1O. The van der Waals surface area contributed by atoms with Gasteiger partial charge in [-0.3, -0.25) is 10.1 Å². The number of benzene rings is 1. The second kappa shape index (κ2) is 4.36. The molecule has 0 aliphatic rings. The minimum Gasteiger partial charge on any atom is -0.461 e. The number of hydrogen-bond acceptors (Lipinski definition) is 5. The van der Waals surface area contributed by atoms with Crippen LogP contribution >= 0.6 is 0 Å². The van der Waals surface area contributed by atoms with Gasteiger partial charge in [0.2, 0.25) is 0 Å². The minimum atomic E-state index is -0.731. The van der Waals surface area contributed by atoms with Crippen molar-refractivity contribution in [1.29, 1.82) is 0 Å². The van der Waals surface area contributed by atoms with E-state index in [9.17, 15) is 20.1 Å². The number of non-ortho nitro benzene ring substituents is 1. The maximum atomic E-state index is 11.5. The number of fused-ring (bicyclic) bond motifs is 1. The third-order valence-corrected chi connectivity index (χ3v) is 2.48. The third kappa shape index (κ3) is 1.75. The molecular weight excluding hydrogens is 240 g/mol. The molecule has 18 heavy (non-hydrogen) atoms. The van der Waals surface area contributed by atoms with Crippen LogP contribution in [0.3, 0.4) is 0 Å². The Balaban J connectivity index is 2.66. The van der Waals surface area contributed by atoms with E-state index < -0.39 is 10.9 Å². The number of esters is 1. The first kappa shape index (κ1) is 11.9. The van der Waals surface area contributed by atoms with Gasteiger partial charge in [-0.25, -0.2) is 4.79 Å². The van der Waals surface area contributed by atoms with Gasteiger partial charge in [0.1, 0.15) is 0 Å². The first-order valence-electron chi connectivity index (χ1n) is 5.21. The maximum Gasteiger partial charge on any atom is 0.358 e. The van der Waals surface area contributed by atoms with Crippen molar-refractivity contribution in [1.82, 2.24) is 4.73 Å². The molecule has 0 bridgehead atoms. The summed E-state index contributed by atoms with van der Waals surface area (Å²) in [5.74, 6) is -0.731. The molecule has 0 amide bonds. The number of carbonyl (C=O) groups excluding carboxylic acids is 1. The fraction of sp³-hybridized carbons (Fsp3) is 0.182. The minimum absolute atomic E-state index is 0.138. The molecule has 0 fully saturated rings. The molecule has 7 heteroatoms. The van der Waals surface area contributed by atoms with Crippen LogP contribution in [0.25, 0.3) is 10.9 Å². The molecule has 0 aliphatic carbocycles. The van der Waals surface area contributed by atoms with Crippen LogP contribution in [0.15, 0.2) is 24.3 Å². The van der Waals surface area contributed by atoms with Crippen molar-refractivity contribution in [2.45, 2.75) is 6.92 Å². The first-order chi connectivity index (χ1) is 8.56. The summed E-state index contributed by atoms with van der Waals surface area (Å²) in [7, 11) is 0. The summed E-state index contributed by atoms with van der Waals surface area (Å²) in [4.78, 5) is 21.8. The average Bonchev–Trinajstić information content (AvgIpc) is 2.67. The Bertz CT molecular complexity index is 632. The van der Waals surface area contributed by atoms with E-state index >= 15 is 0 Å². The number of hydrogen-bond donors (Lipinski definition) is 1. The molecule has 1 aromatic carbocycles. The number of rotatable bonds is 3. The summed E-state index contributed by atoms with van der Waals surface area (Å²) in [6, 6.07) is 5.45. The number of ether oxygens (including phenoxy) is 1. The average molecular weight is 250 g/mol. The van der Waals surface area contributed by atoms with E-state index in [0.717, 1.165) is 0 Å². The highest BCUT2D eigenvalue weighted by atomic mass is 16.6. The lowest BCUT2D eigenvalue weighted by Crippen LogP contribution is -2.09. The molecule has 0 saturated carbocycles. The highest BCUT2D eigenvalue weighted by Gasteiger charge is 2.21. The third-order valence-electron chi connectivity index (χ3n) is 2.48. The summed E-state index contributed by atoms with van der Waals surface area (Å²) in [6.07, 6.45) is 0. The summed E-state index contributed by atoms with van der Waals surface area (Å²) < 4.78 is 5.35. The molecule has 0 radical (unpaired) electrons. The number of nitro groups is 1. The molecule has 0 aliphatic heterocycles. The zero-order valence-corrected chi connectivity index (χ0v) is 9.49. The first-order valence-corrected chi connectivity index (χ1v) is 5.21. The van der Waals surface area contributed by atoms with E-state index in [0.29, 0.717) is 4.73 Å². The van der Waals surface area contributed by atoms with Crippen molar-refractivity contribution in [3.8, 4) is 0 Å². The van der Waals surface area contributed by atoms with Crippen molar-refractivity contribution in [3.63, 3.8) is 0 Å². The van der Waals surface area contributed by atoms with E-state index in [1.54, 1.807) is 6.92 Å². The number of nitrogens with zero attached hydrogens (tertiary/aromatic N) is 2. The zero-order chi connectivity index (χ0) is 13.3. The lowest BCUT2D eigenvalue weighted by Gasteiger charge is -2.01. The predicted octanol–water partition coefficient (Wildman–Crippen LogP) is 1.96. The topological polar surface area (TPSA) is 94.6 Å². The van der Waals surface area contributed by atoms with Gasteiger partial charge in [-0.05, 0) is 19.1 Å². The lowest BCUT2D eigenvalue weighted by atomic mass is 10.2. The quantitative estimate of drug-likeness (QED) is 0.389. The fourth-order valence-electron chi connectivity index (χ4n) is 1.71. The molecule has 0 spiro atoms. The van der Waals surface area contributed by atoms with Crippen molar-refractivity contribution in [2.24, 2.45) is 0 Å². The van der Waals surface area contributed by atoms with Gasteiger partial charge < -0.3 is 9.94 Å². The largest absolute Gasteiger partial charge is 0.461 e. The molecule has 2 rings (SSSR count). The van der Waals surface area contributed by atoms with Crippen molar-refractivity contribution in [3.05, 3.63) is 40.1 Å². The number of aromatic nitrogens is 1. The van der Waals surface area contributed by atoms with Crippen LogP contribution in [-0.2, 0) is 4.74 Å². The normalized spacial score (nSPS) is 10.5. The highest BCUT2D eigenvalue weighted by Crippen LogP contribution is 2.28. The van der Waals surface area contributed by atoms with Crippen LogP contribution < -0.4 is 0 Å². The van der Waals surface area contributed by atoms with Crippen LogP contribution in [0.4, 0.5) is 5.69 Å². The highest BCUT2D eigenvalue weighted by molar-refractivity contribution is 5.98. The van der Waals surface area contributed by atoms with Gasteiger partial charge in [-0.2, -0.15) is 4.73 Å². The Morgan fingerprint density at radius 1 is 1.56 bits per heavy atom. The van der Waals surface area contributed by atoms with E-state index in [-0.39, 0.29) is 28.9 Å². The van der Waals surface area contributed by atoms with Gasteiger partial charge in [-0.1, -0.05) is 6.07 Å². The van der Waals surface area contributed by atoms with Crippen LogP contribution in [0.5, 0.6) is 0 Å². The molecular formula is C11H10N2O5. The fourth-order valence-corrected chi connectivity index (χ4v) is 1.71. The molecule has 1 aromatic heterocycles. The summed E-state index contributed by atoms with van der Waals surface area (Å²) in [6.45, 7) is 1.78. The molecule has 7 nitrogen and oxygen atoms in total. The van der Waals surface area contributed by atoms with Crippen LogP contribution in [0.2, 0.25) is 0 Å². The summed E-state index contributed by atoms with van der Waals surface area (Å²) >= 11 is 0.